The van der Waals surface area contributed by atoms with Crippen LogP contribution in [0.4, 0.5) is 0 Å². The molecule has 1 fully saturated rings. The summed E-state index contributed by atoms with van der Waals surface area (Å²) in [4.78, 5) is 12.2. The summed E-state index contributed by atoms with van der Waals surface area (Å²) in [7, 11) is 0. The van der Waals surface area contributed by atoms with Crippen LogP contribution in [0.2, 0.25) is 0 Å². The lowest BCUT2D eigenvalue weighted by Gasteiger charge is -2.34. The van der Waals surface area contributed by atoms with E-state index in [4.69, 9.17) is 0 Å². The number of hydrogen-bond acceptors (Lipinski definition) is 3. The zero-order chi connectivity index (χ0) is 13.2. The van der Waals surface area contributed by atoms with Gasteiger partial charge in [-0.15, -0.1) is 0 Å². The highest BCUT2D eigenvalue weighted by molar-refractivity contribution is 7.08. The van der Waals surface area contributed by atoms with Crippen molar-refractivity contribution >= 4 is 17.2 Å². The number of rotatable bonds is 2. The van der Waals surface area contributed by atoms with E-state index >= 15 is 0 Å². The van der Waals surface area contributed by atoms with Crippen molar-refractivity contribution in [2.75, 3.05) is 0 Å². The average molecular weight is 262 g/mol. The minimum Gasteiger partial charge on any atom is -0.334 e. The van der Waals surface area contributed by atoms with Gasteiger partial charge in [0.15, 0.2) is 0 Å². The van der Waals surface area contributed by atoms with Gasteiger partial charge in [0.2, 0.25) is 0 Å². The van der Waals surface area contributed by atoms with Gasteiger partial charge in [0.1, 0.15) is 5.54 Å². The van der Waals surface area contributed by atoms with E-state index < -0.39 is 5.54 Å². The van der Waals surface area contributed by atoms with E-state index in [-0.39, 0.29) is 5.91 Å². The second-order valence-corrected chi connectivity index (χ2v) is 6.04. The van der Waals surface area contributed by atoms with Gasteiger partial charge in [0, 0.05) is 5.38 Å². The number of carbonyl (C=O) groups is 1. The summed E-state index contributed by atoms with van der Waals surface area (Å²) in [6.07, 6.45) is 3.55. The van der Waals surface area contributed by atoms with Crippen LogP contribution in [0, 0.1) is 24.2 Å². The number of nitriles is 1. The molecular formula is C14H18N2OS. The van der Waals surface area contributed by atoms with Crippen molar-refractivity contribution in [2.24, 2.45) is 5.92 Å². The molecular weight excluding hydrogens is 244 g/mol. The average Bonchev–Trinajstić information content (AvgIpc) is 2.79. The molecule has 1 heterocycles. The number of carbonyl (C=O) groups excluding carboxylic acids is 1. The van der Waals surface area contributed by atoms with Crippen molar-refractivity contribution < 1.29 is 4.79 Å². The third kappa shape index (κ3) is 2.56. The first-order valence-electron chi connectivity index (χ1n) is 6.33. The number of nitrogens with zero attached hydrogens (tertiary/aromatic N) is 1. The van der Waals surface area contributed by atoms with E-state index in [1.807, 2.05) is 17.7 Å². The summed E-state index contributed by atoms with van der Waals surface area (Å²) in [5, 5.41) is 16.1. The van der Waals surface area contributed by atoms with Gasteiger partial charge in [0.05, 0.1) is 11.6 Å². The molecule has 1 aromatic heterocycles. The molecule has 1 saturated carbocycles. The summed E-state index contributed by atoms with van der Waals surface area (Å²) in [6, 6.07) is 2.32. The van der Waals surface area contributed by atoms with Crippen molar-refractivity contribution in [3.63, 3.8) is 0 Å². The second-order valence-electron chi connectivity index (χ2n) is 5.30. The highest BCUT2D eigenvalue weighted by Gasteiger charge is 2.36. The van der Waals surface area contributed by atoms with Crippen LogP contribution < -0.4 is 5.32 Å². The number of nitrogens with one attached hydrogen (secondary N) is 1. The largest absolute Gasteiger partial charge is 0.334 e. The molecule has 4 heteroatoms. The third-order valence-electron chi connectivity index (χ3n) is 3.79. The van der Waals surface area contributed by atoms with Crippen LogP contribution in [0.25, 0.3) is 0 Å². The molecule has 1 N–H and O–H groups in total. The van der Waals surface area contributed by atoms with Gasteiger partial charge in [-0.2, -0.15) is 16.6 Å². The van der Waals surface area contributed by atoms with E-state index in [1.54, 1.807) is 0 Å². The molecule has 18 heavy (non-hydrogen) atoms. The van der Waals surface area contributed by atoms with E-state index in [9.17, 15) is 10.1 Å². The number of thiophene rings is 1. The van der Waals surface area contributed by atoms with Gasteiger partial charge in [-0.05, 0) is 49.5 Å². The van der Waals surface area contributed by atoms with Crippen LogP contribution in [0.1, 0.15) is 48.5 Å². The maximum Gasteiger partial charge on any atom is 0.253 e. The van der Waals surface area contributed by atoms with Crippen molar-refractivity contribution in [3.05, 3.63) is 21.9 Å². The fourth-order valence-electron chi connectivity index (χ4n) is 2.40. The summed E-state index contributed by atoms with van der Waals surface area (Å²) < 4.78 is 0. The first-order valence-corrected chi connectivity index (χ1v) is 7.27. The van der Waals surface area contributed by atoms with E-state index in [0.717, 1.165) is 31.2 Å². The van der Waals surface area contributed by atoms with Gasteiger partial charge in [-0.3, -0.25) is 4.79 Å². The Hall–Kier alpha value is -1.34. The monoisotopic (exact) mass is 262 g/mol. The van der Waals surface area contributed by atoms with Crippen LogP contribution in [0.15, 0.2) is 10.8 Å². The van der Waals surface area contributed by atoms with Crippen molar-refractivity contribution in [2.45, 2.75) is 45.1 Å². The van der Waals surface area contributed by atoms with Crippen molar-refractivity contribution in [1.82, 2.24) is 5.32 Å². The summed E-state index contributed by atoms with van der Waals surface area (Å²) >= 11 is 1.52. The summed E-state index contributed by atoms with van der Waals surface area (Å²) in [5.74, 6) is 0.552. The maximum atomic E-state index is 12.2. The molecule has 1 aromatic rings. The van der Waals surface area contributed by atoms with Gasteiger partial charge >= 0.3 is 0 Å². The van der Waals surface area contributed by atoms with E-state index in [0.29, 0.717) is 11.5 Å². The molecule has 0 aromatic carbocycles. The first-order chi connectivity index (χ1) is 8.56. The van der Waals surface area contributed by atoms with Crippen molar-refractivity contribution in [1.29, 1.82) is 5.26 Å². The molecule has 1 amide bonds. The molecule has 0 bridgehead atoms. The second kappa shape index (κ2) is 5.11. The molecule has 1 aliphatic carbocycles. The fourth-order valence-corrected chi connectivity index (χ4v) is 3.23. The topological polar surface area (TPSA) is 52.9 Å². The number of aryl methyl sites for hydroxylation is 1. The SMILES string of the molecule is Cc1cscc1C(=O)NC1(C#N)CCC(C)CC1. The quantitative estimate of drug-likeness (QED) is 0.889. The van der Waals surface area contributed by atoms with E-state index in [2.05, 4.69) is 18.3 Å². The zero-order valence-electron chi connectivity index (χ0n) is 10.8. The lowest BCUT2D eigenvalue weighted by atomic mass is 9.78. The molecule has 0 radical (unpaired) electrons. The first kappa shape index (κ1) is 13.1. The lowest BCUT2D eigenvalue weighted by molar-refractivity contribution is 0.0894. The Morgan fingerprint density at radius 3 is 2.67 bits per heavy atom. The predicted octanol–water partition coefficient (Wildman–Crippen LogP) is 3.26. The van der Waals surface area contributed by atoms with Crippen LogP contribution in [-0.2, 0) is 0 Å². The fraction of sp³-hybridized carbons (Fsp3) is 0.571. The Labute approximate surface area is 112 Å². The Balaban J connectivity index is 2.10. The van der Waals surface area contributed by atoms with Gasteiger partial charge in [0.25, 0.3) is 5.91 Å². The normalized spacial score (nSPS) is 27.5. The maximum absolute atomic E-state index is 12.2. The Morgan fingerprint density at radius 1 is 1.50 bits per heavy atom. The number of amides is 1. The third-order valence-corrected chi connectivity index (χ3v) is 4.66. The van der Waals surface area contributed by atoms with Gasteiger partial charge in [-0.1, -0.05) is 6.92 Å². The smallest absolute Gasteiger partial charge is 0.253 e. The van der Waals surface area contributed by atoms with Crippen LogP contribution >= 0.6 is 11.3 Å². The molecule has 1 aliphatic rings. The predicted molar refractivity (Wildman–Crippen MR) is 72.5 cm³/mol. The summed E-state index contributed by atoms with van der Waals surface area (Å²) in [5.41, 5.74) is 1.03. The molecule has 0 aliphatic heterocycles. The van der Waals surface area contributed by atoms with Crippen molar-refractivity contribution in [3.8, 4) is 6.07 Å². The molecule has 0 atom stereocenters. The lowest BCUT2D eigenvalue weighted by Crippen LogP contribution is -2.49. The molecule has 2 rings (SSSR count). The highest BCUT2D eigenvalue weighted by Crippen LogP contribution is 2.31. The Bertz CT molecular complexity index is 478. The van der Waals surface area contributed by atoms with Crippen LogP contribution in [0.5, 0.6) is 0 Å². The zero-order valence-corrected chi connectivity index (χ0v) is 11.6. The van der Waals surface area contributed by atoms with Gasteiger partial charge in [-0.25, -0.2) is 0 Å². The minimum absolute atomic E-state index is 0.107. The Morgan fingerprint density at radius 2 is 2.17 bits per heavy atom. The van der Waals surface area contributed by atoms with Gasteiger partial charge < -0.3 is 5.32 Å². The van der Waals surface area contributed by atoms with Crippen LogP contribution in [-0.4, -0.2) is 11.4 Å². The molecule has 0 spiro atoms. The van der Waals surface area contributed by atoms with Crippen LogP contribution in [0.3, 0.4) is 0 Å². The molecule has 96 valence electrons. The number of hydrogen-bond donors (Lipinski definition) is 1. The minimum atomic E-state index is -0.655. The molecule has 0 unspecified atom stereocenters. The Kier molecular flexibility index (Phi) is 3.72. The molecule has 0 saturated heterocycles. The summed E-state index contributed by atoms with van der Waals surface area (Å²) in [6.45, 7) is 4.12. The standard InChI is InChI=1S/C14H18N2OS/c1-10-3-5-14(9-15,6-4-10)16-13(17)12-8-18-7-11(12)2/h7-8,10H,3-6H2,1-2H3,(H,16,17). The van der Waals surface area contributed by atoms with E-state index in [1.165, 1.54) is 11.3 Å². The highest BCUT2D eigenvalue weighted by atomic mass is 32.1. The molecule has 3 nitrogen and oxygen atoms in total.